The highest BCUT2D eigenvalue weighted by atomic mass is 31.2. The van der Waals surface area contributed by atoms with Crippen molar-refractivity contribution in [1.29, 1.82) is 0 Å². The number of carbonyl (C=O) groups is 3. The third-order valence-corrected chi connectivity index (χ3v) is 15.8. The van der Waals surface area contributed by atoms with Gasteiger partial charge in [-0.2, -0.15) is 0 Å². The Morgan fingerprint density at radius 1 is 0.345 bits per heavy atom. The molecule has 486 valence electrons. The van der Waals surface area contributed by atoms with Crippen molar-refractivity contribution < 1.29 is 52.2 Å². The van der Waals surface area contributed by atoms with Crippen LogP contribution >= 0.6 is 7.82 Å². The largest absolute Gasteiger partial charge is 0.472 e. The van der Waals surface area contributed by atoms with Crippen LogP contribution in [0.2, 0.25) is 0 Å². The van der Waals surface area contributed by atoms with Gasteiger partial charge in [-0.25, -0.2) is 4.57 Å². The van der Waals surface area contributed by atoms with Gasteiger partial charge in [-0.05, 0) is 83.5 Å². The molecule has 0 aliphatic heterocycles. The van der Waals surface area contributed by atoms with E-state index in [1.807, 2.05) is 12.2 Å². The third-order valence-electron chi connectivity index (χ3n) is 14.8. The molecule has 3 unspecified atom stereocenters. The van der Waals surface area contributed by atoms with Gasteiger partial charge in [-0.3, -0.25) is 23.4 Å². The van der Waals surface area contributed by atoms with Crippen LogP contribution in [-0.4, -0.2) is 66.5 Å². The monoisotopic (exact) mass is 1200 g/mol. The second kappa shape index (κ2) is 65.6. The Morgan fingerprint density at radius 2 is 0.643 bits per heavy atom. The lowest BCUT2D eigenvalue weighted by Gasteiger charge is -2.21. The number of rotatable bonds is 64. The summed E-state index contributed by atoms with van der Waals surface area (Å²) in [7, 11) is -4.78. The molecule has 11 nitrogen and oxygen atoms in total. The molecule has 0 amide bonds. The first kappa shape index (κ1) is 80.7. The van der Waals surface area contributed by atoms with Crippen LogP contribution in [0, 0.1) is 0 Å². The molecule has 2 N–H and O–H groups in total. The number of allylic oxidation sites excluding steroid dienone is 14. The van der Waals surface area contributed by atoms with Crippen molar-refractivity contribution in [2.24, 2.45) is 0 Å². The molecular weight excluding hydrogens is 1070 g/mol. The molecule has 0 aromatic rings. The van der Waals surface area contributed by atoms with Gasteiger partial charge in [0.1, 0.15) is 12.7 Å². The maximum absolute atomic E-state index is 13.0. The molecular formula is C72H127O11P. The van der Waals surface area contributed by atoms with Crippen LogP contribution in [0.5, 0.6) is 0 Å². The van der Waals surface area contributed by atoms with Crippen molar-refractivity contribution >= 4 is 25.7 Å². The molecule has 3 atom stereocenters. The summed E-state index contributed by atoms with van der Waals surface area (Å²) in [6.45, 7) is 4.51. The number of phosphoric ester groups is 1. The van der Waals surface area contributed by atoms with Crippen molar-refractivity contribution in [3.63, 3.8) is 0 Å². The maximum atomic E-state index is 13.0. The fourth-order valence-corrected chi connectivity index (χ4v) is 10.4. The number of hydrogen-bond donors (Lipinski definition) is 2. The van der Waals surface area contributed by atoms with Crippen LogP contribution in [-0.2, 0) is 42.2 Å². The molecule has 0 aliphatic carbocycles. The van der Waals surface area contributed by atoms with E-state index in [4.69, 9.17) is 23.3 Å². The maximum Gasteiger partial charge on any atom is 0.472 e. The first-order valence-corrected chi connectivity index (χ1v) is 36.0. The quantitative estimate of drug-likeness (QED) is 0.0197. The average molecular weight is 1200 g/mol. The van der Waals surface area contributed by atoms with Crippen molar-refractivity contribution in [3.05, 3.63) is 85.1 Å². The van der Waals surface area contributed by atoms with Crippen LogP contribution in [0.4, 0.5) is 0 Å². The standard InChI is InChI=1S/C72H127O11P/c1-4-7-10-13-16-19-22-25-28-31-34-37-40-43-46-49-52-55-58-61-70(74)79-65-69(83-72(76)63-60-57-54-51-48-45-42-39-36-33-30-27-24-21-18-15-12-9-6-3)67-81-84(77,78)80-66-68(64-73)82-71(75)62-59-56-53-50-47-44-41-38-35-32-29-26-23-20-17-14-11-8-5-2/h9,12,18,21,26-27,29-30,36,39,45,48,54,57,68-69,73H,4-8,10-11,13-17,19-20,22-25,28,31-35,37-38,40-44,46-47,49-53,55-56,58-67H2,1-3H3,(H,77,78)/b12-9-,21-18-,29-26-,30-27-,39-36-,48-45-,57-54-. The summed E-state index contributed by atoms with van der Waals surface area (Å²) >= 11 is 0. The lowest BCUT2D eigenvalue weighted by molar-refractivity contribution is -0.161. The van der Waals surface area contributed by atoms with Gasteiger partial charge >= 0.3 is 25.7 Å². The molecule has 0 aromatic heterocycles. The summed E-state index contributed by atoms with van der Waals surface area (Å²) in [5.41, 5.74) is 0. The minimum atomic E-state index is -4.78. The second-order valence-electron chi connectivity index (χ2n) is 23.0. The van der Waals surface area contributed by atoms with Gasteiger partial charge in [0.25, 0.3) is 0 Å². The van der Waals surface area contributed by atoms with E-state index in [9.17, 15) is 28.9 Å². The number of hydrogen-bond acceptors (Lipinski definition) is 10. The van der Waals surface area contributed by atoms with E-state index >= 15 is 0 Å². The van der Waals surface area contributed by atoms with Crippen LogP contribution in [0.1, 0.15) is 316 Å². The van der Waals surface area contributed by atoms with Crippen LogP contribution in [0.25, 0.3) is 0 Å². The number of aliphatic hydroxyl groups excluding tert-OH is 1. The molecule has 0 bridgehead atoms. The fourth-order valence-electron chi connectivity index (χ4n) is 9.62. The Morgan fingerprint density at radius 3 is 1.02 bits per heavy atom. The Kier molecular flexibility index (Phi) is 63.0. The van der Waals surface area contributed by atoms with E-state index in [0.29, 0.717) is 19.3 Å². The van der Waals surface area contributed by atoms with E-state index in [1.165, 1.54) is 180 Å². The molecule has 12 heteroatoms. The Bertz CT molecular complexity index is 1730. The smallest absolute Gasteiger partial charge is 0.462 e. The highest BCUT2D eigenvalue weighted by Crippen LogP contribution is 2.43. The number of phosphoric acid groups is 1. The zero-order chi connectivity index (χ0) is 61.2. The number of ether oxygens (including phenoxy) is 3. The lowest BCUT2D eigenvalue weighted by atomic mass is 10.0. The molecule has 0 saturated carbocycles. The fraction of sp³-hybridized carbons (Fsp3) is 0.764. The molecule has 0 radical (unpaired) electrons. The summed E-state index contributed by atoms with van der Waals surface area (Å²) in [4.78, 5) is 48.8. The summed E-state index contributed by atoms with van der Waals surface area (Å²) < 4.78 is 39.7. The van der Waals surface area contributed by atoms with Crippen molar-refractivity contribution in [3.8, 4) is 0 Å². The normalized spacial score (nSPS) is 13.7. The number of aliphatic hydroxyl groups is 1. The molecule has 0 aliphatic rings. The second-order valence-corrected chi connectivity index (χ2v) is 24.4. The molecule has 0 aromatic carbocycles. The van der Waals surface area contributed by atoms with Gasteiger partial charge < -0.3 is 24.2 Å². The predicted molar refractivity (Wildman–Crippen MR) is 353 cm³/mol. The minimum absolute atomic E-state index is 0.0423. The van der Waals surface area contributed by atoms with Crippen molar-refractivity contribution in [2.45, 2.75) is 328 Å². The third kappa shape index (κ3) is 63.2. The van der Waals surface area contributed by atoms with Crippen molar-refractivity contribution in [2.75, 3.05) is 26.4 Å². The SMILES string of the molecule is CC/C=C\C/C=C\C/C=C\C/C=C\C/C=C\C/C=C\CCC(=O)OC(COC(=O)CCCCCCCCCCCCCCCCCCCCC)COP(=O)(O)OCC(CO)OC(=O)CCCCCCCCCCC/C=C\CCCCCCCC. The van der Waals surface area contributed by atoms with Gasteiger partial charge in [-0.1, -0.05) is 298 Å². The topological polar surface area (TPSA) is 155 Å². The molecule has 0 fully saturated rings. The first-order chi connectivity index (χ1) is 41.2. The highest BCUT2D eigenvalue weighted by molar-refractivity contribution is 7.47. The van der Waals surface area contributed by atoms with Gasteiger partial charge in [0.15, 0.2) is 6.10 Å². The average Bonchev–Trinajstić information content (AvgIpc) is 3.53. The van der Waals surface area contributed by atoms with Crippen molar-refractivity contribution in [1.82, 2.24) is 0 Å². The molecule has 0 rings (SSSR count). The molecule has 0 heterocycles. The van der Waals surface area contributed by atoms with Gasteiger partial charge in [0, 0.05) is 19.3 Å². The summed E-state index contributed by atoms with van der Waals surface area (Å²) in [5, 5.41) is 9.88. The predicted octanol–water partition coefficient (Wildman–Crippen LogP) is 21.4. The van der Waals surface area contributed by atoms with Crippen LogP contribution in [0.3, 0.4) is 0 Å². The first-order valence-electron chi connectivity index (χ1n) is 34.5. The molecule has 0 spiro atoms. The van der Waals surface area contributed by atoms with E-state index in [-0.39, 0.29) is 25.9 Å². The minimum Gasteiger partial charge on any atom is -0.462 e. The summed E-state index contributed by atoms with van der Waals surface area (Å²) in [6, 6.07) is 0. The summed E-state index contributed by atoms with van der Waals surface area (Å²) in [5.74, 6) is -1.55. The van der Waals surface area contributed by atoms with E-state index in [2.05, 4.69) is 93.7 Å². The van der Waals surface area contributed by atoms with Gasteiger partial charge in [0.2, 0.25) is 0 Å². The Balaban J connectivity index is 4.74. The van der Waals surface area contributed by atoms with E-state index in [1.54, 1.807) is 0 Å². The Labute approximate surface area is 515 Å². The van der Waals surface area contributed by atoms with Gasteiger partial charge in [0.05, 0.1) is 19.8 Å². The zero-order valence-electron chi connectivity index (χ0n) is 54.1. The highest BCUT2D eigenvalue weighted by Gasteiger charge is 2.28. The van der Waals surface area contributed by atoms with Crippen LogP contribution in [0.15, 0.2) is 85.1 Å². The van der Waals surface area contributed by atoms with E-state index in [0.717, 1.165) is 77.0 Å². The number of esters is 3. The summed E-state index contributed by atoms with van der Waals surface area (Å²) in [6.07, 6.45) is 78.4. The number of unbranched alkanes of at least 4 members (excludes halogenated alkanes) is 33. The number of carbonyl (C=O) groups excluding carboxylic acids is 3. The molecule has 0 saturated heterocycles. The Hall–Kier alpha value is -3.34. The van der Waals surface area contributed by atoms with E-state index < -0.39 is 57.8 Å². The zero-order valence-corrected chi connectivity index (χ0v) is 55.0. The van der Waals surface area contributed by atoms with Gasteiger partial charge in [-0.15, -0.1) is 0 Å². The lowest BCUT2D eigenvalue weighted by Crippen LogP contribution is -2.30. The molecule has 84 heavy (non-hydrogen) atoms. The van der Waals surface area contributed by atoms with Crippen LogP contribution < -0.4 is 0 Å².